The van der Waals surface area contributed by atoms with Crippen LogP contribution in [-0.2, 0) is 9.59 Å². The molecule has 0 saturated carbocycles. The van der Waals surface area contributed by atoms with Gasteiger partial charge in [-0.05, 0) is 17.7 Å². The summed E-state index contributed by atoms with van der Waals surface area (Å²) >= 11 is 0. The molecule has 2 heterocycles. The maximum Gasteiger partial charge on any atom is 0.270 e. The monoisotopic (exact) mass is 404 g/mol. The predicted molar refractivity (Wildman–Crippen MR) is 118 cm³/mol. The average molecular weight is 405 g/mol. The zero-order valence-corrected chi connectivity index (χ0v) is 17.6. The second kappa shape index (κ2) is 8.69. The van der Waals surface area contributed by atoms with E-state index < -0.39 is 0 Å². The van der Waals surface area contributed by atoms with Gasteiger partial charge in [0.25, 0.3) is 5.91 Å². The summed E-state index contributed by atoms with van der Waals surface area (Å²) in [4.78, 5) is 29.1. The van der Waals surface area contributed by atoms with Crippen LogP contribution in [0.15, 0.2) is 65.8 Å². The number of carbonyl (C=O) groups is 2. The summed E-state index contributed by atoms with van der Waals surface area (Å²) in [5.41, 5.74) is 2.69. The van der Waals surface area contributed by atoms with E-state index in [1.807, 2.05) is 77.2 Å². The number of benzene rings is 2. The molecule has 156 valence electrons. The Morgan fingerprint density at radius 3 is 2.03 bits per heavy atom. The Hall–Kier alpha value is -3.15. The number of carbonyl (C=O) groups excluding carboxylic acids is 2. The molecule has 6 heteroatoms. The molecule has 6 nitrogen and oxygen atoms in total. The van der Waals surface area contributed by atoms with Gasteiger partial charge in [0.1, 0.15) is 5.71 Å². The Labute approximate surface area is 177 Å². The zero-order valence-electron chi connectivity index (χ0n) is 17.6. The molecule has 2 aliphatic rings. The molecular formula is C24H28N4O2. The normalized spacial score (nSPS) is 19.2. The Morgan fingerprint density at radius 1 is 0.867 bits per heavy atom. The summed E-state index contributed by atoms with van der Waals surface area (Å²) in [6, 6.07) is 20.2. The molecule has 1 saturated heterocycles. The third-order valence-electron chi connectivity index (χ3n) is 5.73. The Kier molecular flexibility index (Phi) is 5.84. The van der Waals surface area contributed by atoms with E-state index in [1.165, 1.54) is 0 Å². The highest BCUT2D eigenvalue weighted by molar-refractivity contribution is 6.39. The first-order valence-electron chi connectivity index (χ1n) is 10.6. The Bertz CT molecular complexity index is 919. The molecule has 0 bridgehead atoms. The minimum Gasteiger partial charge on any atom is -0.339 e. The van der Waals surface area contributed by atoms with Gasteiger partial charge in [-0.2, -0.15) is 5.10 Å². The molecule has 0 radical (unpaired) electrons. The molecule has 0 aliphatic carbocycles. The highest BCUT2D eigenvalue weighted by Crippen LogP contribution is 2.35. The Balaban J connectivity index is 1.51. The van der Waals surface area contributed by atoms with Gasteiger partial charge in [-0.25, -0.2) is 0 Å². The predicted octanol–water partition coefficient (Wildman–Crippen LogP) is 3.32. The molecular weight excluding hydrogens is 376 g/mol. The van der Waals surface area contributed by atoms with Gasteiger partial charge in [0.05, 0.1) is 11.7 Å². The minimum atomic E-state index is -0.0222. The van der Waals surface area contributed by atoms with Crippen LogP contribution in [0.3, 0.4) is 0 Å². The van der Waals surface area contributed by atoms with Crippen LogP contribution in [-0.4, -0.2) is 53.5 Å². The van der Waals surface area contributed by atoms with Crippen molar-refractivity contribution < 1.29 is 9.59 Å². The SMILES string of the molecule is CC(C)C(=O)N1CCN(C(=O)C2=NN(c3ccccc3)[C@@H](c3ccccc3)C2)CC1. The Morgan fingerprint density at radius 2 is 1.43 bits per heavy atom. The van der Waals surface area contributed by atoms with Crippen molar-refractivity contribution in [2.24, 2.45) is 11.0 Å². The van der Waals surface area contributed by atoms with E-state index in [0.717, 1.165) is 11.3 Å². The van der Waals surface area contributed by atoms with Gasteiger partial charge in [-0.1, -0.05) is 62.4 Å². The molecule has 2 aliphatic heterocycles. The van der Waals surface area contributed by atoms with Crippen molar-refractivity contribution in [1.29, 1.82) is 0 Å². The molecule has 0 spiro atoms. The average Bonchev–Trinajstić information content (AvgIpc) is 3.25. The van der Waals surface area contributed by atoms with E-state index in [9.17, 15) is 9.59 Å². The molecule has 0 N–H and O–H groups in total. The van der Waals surface area contributed by atoms with Crippen LogP contribution in [0.5, 0.6) is 0 Å². The number of hydrogen-bond donors (Lipinski definition) is 0. The molecule has 2 amide bonds. The molecule has 2 aromatic carbocycles. The third kappa shape index (κ3) is 4.08. The van der Waals surface area contributed by atoms with E-state index in [-0.39, 0.29) is 23.8 Å². The number of anilines is 1. The molecule has 0 aromatic heterocycles. The van der Waals surface area contributed by atoms with Crippen LogP contribution >= 0.6 is 0 Å². The third-order valence-corrected chi connectivity index (χ3v) is 5.73. The van der Waals surface area contributed by atoms with Crippen molar-refractivity contribution in [3.05, 3.63) is 66.2 Å². The van der Waals surface area contributed by atoms with Gasteiger partial charge >= 0.3 is 0 Å². The second-order valence-corrected chi connectivity index (χ2v) is 8.13. The van der Waals surface area contributed by atoms with E-state index >= 15 is 0 Å². The van der Waals surface area contributed by atoms with Crippen LogP contribution in [0.1, 0.15) is 31.9 Å². The van der Waals surface area contributed by atoms with Crippen LogP contribution in [0.4, 0.5) is 5.69 Å². The van der Waals surface area contributed by atoms with Crippen LogP contribution < -0.4 is 5.01 Å². The maximum atomic E-state index is 13.2. The van der Waals surface area contributed by atoms with Gasteiger partial charge in [-0.15, -0.1) is 0 Å². The lowest BCUT2D eigenvalue weighted by Gasteiger charge is -2.35. The fraction of sp³-hybridized carbons (Fsp3) is 0.375. The van der Waals surface area contributed by atoms with E-state index in [4.69, 9.17) is 5.10 Å². The van der Waals surface area contributed by atoms with E-state index in [2.05, 4.69) is 12.1 Å². The number of hydrazone groups is 1. The maximum absolute atomic E-state index is 13.2. The van der Waals surface area contributed by atoms with Gasteiger partial charge in [0.2, 0.25) is 5.91 Å². The quantitative estimate of drug-likeness (QED) is 0.786. The molecule has 4 rings (SSSR count). The molecule has 1 atom stereocenters. The van der Waals surface area contributed by atoms with Crippen molar-refractivity contribution in [3.8, 4) is 0 Å². The summed E-state index contributed by atoms with van der Waals surface area (Å²) in [5.74, 6) is 0.114. The highest BCUT2D eigenvalue weighted by atomic mass is 16.2. The van der Waals surface area contributed by atoms with Crippen LogP contribution in [0.2, 0.25) is 0 Å². The fourth-order valence-corrected chi connectivity index (χ4v) is 4.07. The highest BCUT2D eigenvalue weighted by Gasteiger charge is 2.35. The fourth-order valence-electron chi connectivity index (χ4n) is 4.07. The van der Waals surface area contributed by atoms with Crippen molar-refractivity contribution in [2.45, 2.75) is 26.3 Å². The number of piperazine rings is 1. The number of nitrogens with zero attached hydrogens (tertiary/aromatic N) is 4. The van der Waals surface area contributed by atoms with Gasteiger partial charge in [0.15, 0.2) is 0 Å². The van der Waals surface area contributed by atoms with Gasteiger partial charge < -0.3 is 9.80 Å². The minimum absolute atomic E-state index is 0.00337. The smallest absolute Gasteiger partial charge is 0.270 e. The van der Waals surface area contributed by atoms with Crippen molar-refractivity contribution in [2.75, 3.05) is 31.2 Å². The second-order valence-electron chi connectivity index (χ2n) is 8.13. The summed E-state index contributed by atoms with van der Waals surface area (Å²) in [6.07, 6.45) is 0.572. The summed E-state index contributed by atoms with van der Waals surface area (Å²) in [6.45, 7) is 6.10. The first kappa shape index (κ1) is 20.1. The lowest BCUT2D eigenvalue weighted by atomic mass is 10.0. The van der Waals surface area contributed by atoms with Gasteiger partial charge in [0, 0.05) is 38.5 Å². The first-order valence-corrected chi connectivity index (χ1v) is 10.6. The van der Waals surface area contributed by atoms with Crippen molar-refractivity contribution >= 4 is 23.2 Å². The largest absolute Gasteiger partial charge is 0.339 e. The molecule has 2 aromatic rings. The van der Waals surface area contributed by atoms with E-state index in [1.54, 1.807) is 0 Å². The van der Waals surface area contributed by atoms with Crippen molar-refractivity contribution in [1.82, 2.24) is 9.80 Å². The molecule has 30 heavy (non-hydrogen) atoms. The van der Waals surface area contributed by atoms with Crippen LogP contribution in [0.25, 0.3) is 0 Å². The van der Waals surface area contributed by atoms with Gasteiger partial charge in [-0.3, -0.25) is 14.6 Å². The van der Waals surface area contributed by atoms with Crippen molar-refractivity contribution in [3.63, 3.8) is 0 Å². The number of hydrogen-bond acceptors (Lipinski definition) is 4. The molecule has 1 fully saturated rings. The topological polar surface area (TPSA) is 56.2 Å². The summed E-state index contributed by atoms with van der Waals surface area (Å²) in [5, 5.41) is 6.71. The van der Waals surface area contributed by atoms with E-state index in [0.29, 0.717) is 38.3 Å². The lowest BCUT2D eigenvalue weighted by Crippen LogP contribution is -2.52. The zero-order chi connectivity index (χ0) is 21.1. The van der Waals surface area contributed by atoms with Crippen LogP contribution in [0, 0.1) is 5.92 Å². The number of para-hydroxylation sites is 1. The molecule has 0 unspecified atom stereocenters. The summed E-state index contributed by atoms with van der Waals surface area (Å²) < 4.78 is 0. The first-order chi connectivity index (χ1) is 14.5. The summed E-state index contributed by atoms with van der Waals surface area (Å²) in [7, 11) is 0. The number of amides is 2. The lowest BCUT2D eigenvalue weighted by molar-refractivity contribution is -0.139. The standard InChI is InChI=1S/C24H28N4O2/c1-18(2)23(29)26-13-15-27(16-14-26)24(30)21-17-22(19-9-5-3-6-10-19)28(25-21)20-11-7-4-8-12-20/h3-12,18,22H,13-17H2,1-2H3/t22-/m1/s1. The number of rotatable bonds is 4.